The molecule has 107 valence electrons. The van der Waals surface area contributed by atoms with Crippen LogP contribution in [0, 0.1) is 19.7 Å². The van der Waals surface area contributed by atoms with Crippen LogP contribution in [0.2, 0.25) is 0 Å². The standard InChI is InChI=1S/C14H19FNOPS.Y/c1-9-7-11(15)8-10(2)12(9)16-13(17)14(5-6-14)18(3,4)19;/h7-8H,5-6H2,1-4H3,(H,16,17);. The fourth-order valence-electron chi connectivity index (χ4n) is 2.47. The number of halogens is 1. The fraction of sp³-hybridized carbons (Fsp3) is 0.500. The molecule has 0 heterocycles. The molecule has 0 aliphatic heterocycles. The first kappa shape index (κ1) is 18.6. The van der Waals surface area contributed by atoms with E-state index in [1.807, 2.05) is 13.3 Å². The Morgan fingerprint density at radius 3 is 2.10 bits per heavy atom. The third-order valence-electron chi connectivity index (χ3n) is 3.91. The van der Waals surface area contributed by atoms with Crippen molar-refractivity contribution in [3.63, 3.8) is 0 Å². The predicted molar refractivity (Wildman–Crippen MR) is 82.6 cm³/mol. The zero-order chi connectivity index (χ0) is 14.4. The Bertz CT molecular complexity index is 517. The van der Waals surface area contributed by atoms with E-state index >= 15 is 0 Å². The number of rotatable bonds is 3. The molecule has 0 aromatic heterocycles. The first-order valence-corrected chi connectivity index (χ1v) is 10.0. The minimum atomic E-state index is -1.64. The van der Waals surface area contributed by atoms with Crippen molar-refractivity contribution in [2.45, 2.75) is 31.8 Å². The topological polar surface area (TPSA) is 29.1 Å². The van der Waals surface area contributed by atoms with Crippen LogP contribution in [0.15, 0.2) is 12.1 Å². The second-order valence-electron chi connectivity index (χ2n) is 5.75. The van der Waals surface area contributed by atoms with Crippen LogP contribution in [0.4, 0.5) is 10.1 Å². The van der Waals surface area contributed by atoms with Crippen molar-refractivity contribution in [2.75, 3.05) is 18.6 Å². The zero-order valence-electron chi connectivity index (χ0n) is 12.3. The molecule has 1 aliphatic rings. The Morgan fingerprint density at radius 2 is 1.75 bits per heavy atom. The fourth-order valence-corrected chi connectivity index (χ4v) is 5.00. The van der Waals surface area contributed by atoms with Crippen molar-refractivity contribution < 1.29 is 41.9 Å². The maximum Gasteiger partial charge on any atom is 0.266 e. The Kier molecular flexibility index (Phi) is 5.86. The van der Waals surface area contributed by atoms with Crippen LogP contribution in [-0.2, 0) is 49.8 Å². The van der Waals surface area contributed by atoms with Crippen molar-refractivity contribution in [2.24, 2.45) is 0 Å². The second kappa shape index (κ2) is 6.32. The molecule has 2 rings (SSSR count). The van der Waals surface area contributed by atoms with E-state index in [-0.39, 0.29) is 49.6 Å². The van der Waals surface area contributed by atoms with Gasteiger partial charge in [-0.1, -0.05) is 6.46 Å². The summed E-state index contributed by atoms with van der Waals surface area (Å²) in [4.78, 5) is 12.5. The summed E-state index contributed by atoms with van der Waals surface area (Å²) in [5, 5.41) is 2.63. The summed E-state index contributed by atoms with van der Waals surface area (Å²) in [6, 6.07) is 2.88. The van der Waals surface area contributed by atoms with Gasteiger partial charge in [-0.3, -0.25) is 4.79 Å². The number of amides is 1. The average Bonchev–Trinajstić information content (AvgIpc) is 3.02. The largest absolute Gasteiger partial charge is 0.556 e. The van der Waals surface area contributed by atoms with Gasteiger partial charge in [-0.15, -0.1) is 0 Å². The molecule has 1 aromatic carbocycles. The van der Waals surface area contributed by atoms with E-state index in [4.69, 9.17) is 12.2 Å². The quantitative estimate of drug-likeness (QED) is 0.633. The van der Waals surface area contributed by atoms with E-state index < -0.39 is 6.46 Å². The van der Waals surface area contributed by atoms with Gasteiger partial charge in [0.2, 0.25) is 0 Å². The van der Waals surface area contributed by atoms with Gasteiger partial charge in [-0.2, -0.15) is 0 Å². The minimum Gasteiger partial charge on any atom is -0.556 e. The maximum absolute atomic E-state index is 13.3. The Hall–Kier alpha value is 0.504. The third-order valence-corrected chi connectivity index (χ3v) is 7.67. The van der Waals surface area contributed by atoms with Crippen molar-refractivity contribution in [3.8, 4) is 0 Å². The van der Waals surface area contributed by atoms with Gasteiger partial charge in [0, 0.05) is 51.7 Å². The van der Waals surface area contributed by atoms with Crippen molar-refractivity contribution >= 4 is 30.3 Å². The number of carbonyl (C=O) groups is 1. The van der Waals surface area contributed by atoms with Crippen molar-refractivity contribution in [1.29, 1.82) is 0 Å². The zero-order valence-corrected chi connectivity index (χ0v) is 16.8. The SMILES string of the molecule is Cc1cc(F)cc(C)c1NC(=O)C1([P+](C)(C)[S-])CC1.[Y]. The van der Waals surface area contributed by atoms with Crippen molar-refractivity contribution in [1.82, 2.24) is 0 Å². The average molecular weight is 388 g/mol. The number of benzene rings is 1. The molecule has 20 heavy (non-hydrogen) atoms. The molecule has 0 saturated heterocycles. The van der Waals surface area contributed by atoms with Gasteiger partial charge >= 0.3 is 0 Å². The summed E-state index contributed by atoms with van der Waals surface area (Å²) in [6.07, 6.45) is 1.75. The van der Waals surface area contributed by atoms with Gasteiger partial charge < -0.3 is 17.6 Å². The van der Waals surface area contributed by atoms with Gasteiger partial charge in [0.1, 0.15) is 11.0 Å². The Labute approximate surface area is 151 Å². The van der Waals surface area contributed by atoms with Crippen LogP contribution in [0.3, 0.4) is 0 Å². The van der Waals surface area contributed by atoms with Crippen LogP contribution < -0.4 is 5.32 Å². The number of hydrogen-bond acceptors (Lipinski definition) is 2. The Balaban J connectivity index is 0.00000200. The number of hydrogen-bond donors (Lipinski definition) is 1. The molecule has 1 saturated carbocycles. The third kappa shape index (κ3) is 3.46. The molecule has 1 aliphatic carbocycles. The van der Waals surface area contributed by atoms with Crippen LogP contribution in [-0.4, -0.2) is 24.4 Å². The van der Waals surface area contributed by atoms with E-state index in [9.17, 15) is 9.18 Å². The summed E-state index contributed by atoms with van der Waals surface area (Å²) in [6.45, 7) is 6.02. The van der Waals surface area contributed by atoms with Crippen LogP contribution in [0.5, 0.6) is 0 Å². The van der Waals surface area contributed by atoms with Gasteiger partial charge in [0.15, 0.2) is 0 Å². The van der Waals surface area contributed by atoms with Crippen LogP contribution >= 0.6 is 6.46 Å². The molecule has 0 unspecified atom stereocenters. The van der Waals surface area contributed by atoms with Gasteiger partial charge in [0.25, 0.3) is 5.91 Å². The summed E-state index contributed by atoms with van der Waals surface area (Å²) < 4.78 is 13.3. The number of aryl methyl sites for hydroxylation is 2. The molecule has 2 nitrogen and oxygen atoms in total. The maximum atomic E-state index is 13.3. The number of anilines is 1. The summed E-state index contributed by atoms with van der Waals surface area (Å²) >= 11 is 5.55. The van der Waals surface area contributed by atoms with E-state index in [1.54, 1.807) is 13.8 Å². The Morgan fingerprint density at radius 1 is 1.30 bits per heavy atom. The summed E-state index contributed by atoms with van der Waals surface area (Å²) in [7, 11) is 0. The predicted octanol–water partition coefficient (Wildman–Crippen LogP) is 3.65. The van der Waals surface area contributed by atoms with Gasteiger partial charge in [-0.05, 0) is 49.9 Å². The monoisotopic (exact) mass is 388 g/mol. The molecular formula is C14H19FNOPSY. The van der Waals surface area contributed by atoms with Crippen LogP contribution in [0.25, 0.3) is 0 Å². The summed E-state index contributed by atoms with van der Waals surface area (Å²) in [5.74, 6) is -0.260. The van der Waals surface area contributed by atoms with Crippen LogP contribution in [0.1, 0.15) is 24.0 Å². The molecule has 0 atom stereocenters. The van der Waals surface area contributed by atoms with Gasteiger partial charge in [-0.25, -0.2) is 4.39 Å². The first-order valence-electron chi connectivity index (χ1n) is 6.31. The van der Waals surface area contributed by atoms with Gasteiger partial charge in [0.05, 0.1) is 0 Å². The normalized spacial score (nSPS) is 16.3. The molecule has 6 heteroatoms. The van der Waals surface area contributed by atoms with Crippen molar-refractivity contribution in [3.05, 3.63) is 29.1 Å². The second-order valence-corrected chi connectivity index (χ2v) is 12.0. The van der Waals surface area contributed by atoms with E-state index in [1.165, 1.54) is 12.1 Å². The molecule has 1 radical (unpaired) electrons. The molecule has 1 amide bonds. The molecular weight excluding hydrogens is 369 g/mol. The molecule has 1 fully saturated rings. The number of carbonyl (C=O) groups excluding carboxylic acids is 1. The minimum absolute atomic E-state index is 0. The van der Waals surface area contributed by atoms with E-state index in [0.29, 0.717) is 0 Å². The molecule has 0 bridgehead atoms. The molecule has 1 N–H and O–H groups in total. The number of nitrogens with one attached hydrogen (secondary N) is 1. The molecule has 1 aromatic rings. The summed E-state index contributed by atoms with van der Waals surface area (Å²) in [5.41, 5.74) is 2.23. The molecule has 0 spiro atoms. The smallest absolute Gasteiger partial charge is 0.266 e. The van der Waals surface area contributed by atoms with E-state index in [2.05, 4.69) is 5.32 Å². The van der Waals surface area contributed by atoms with E-state index in [0.717, 1.165) is 29.7 Å². The first-order chi connectivity index (χ1) is 8.67.